The third kappa shape index (κ3) is 4.56. The van der Waals surface area contributed by atoms with Crippen LogP contribution in [0.4, 0.5) is 4.79 Å². The van der Waals surface area contributed by atoms with Crippen molar-refractivity contribution >= 4 is 23.5 Å². The summed E-state index contributed by atoms with van der Waals surface area (Å²) >= 11 is 6.16. The van der Waals surface area contributed by atoms with Crippen molar-refractivity contribution < 1.29 is 14.3 Å². The van der Waals surface area contributed by atoms with Crippen LogP contribution in [-0.4, -0.2) is 65.7 Å². The maximum atomic E-state index is 13.3. The molecule has 31 heavy (non-hydrogen) atoms. The highest BCUT2D eigenvalue weighted by Crippen LogP contribution is 2.42. The van der Waals surface area contributed by atoms with E-state index in [-0.39, 0.29) is 30.1 Å². The fourth-order valence-electron chi connectivity index (χ4n) is 5.20. The molecule has 1 aromatic rings. The topological polar surface area (TPSA) is 61.9 Å². The van der Waals surface area contributed by atoms with Crippen molar-refractivity contribution in [3.63, 3.8) is 0 Å². The van der Waals surface area contributed by atoms with Crippen LogP contribution in [0.5, 0.6) is 0 Å². The second-order valence-electron chi connectivity index (χ2n) is 9.63. The lowest BCUT2D eigenvalue weighted by Gasteiger charge is -2.40. The molecule has 6 nitrogen and oxygen atoms in total. The summed E-state index contributed by atoms with van der Waals surface area (Å²) in [5, 5.41) is 4.06. The van der Waals surface area contributed by atoms with Gasteiger partial charge in [0.1, 0.15) is 6.10 Å². The molecule has 7 heteroatoms. The van der Waals surface area contributed by atoms with Crippen LogP contribution in [0, 0.1) is 6.92 Å². The molecule has 4 fully saturated rings. The zero-order chi connectivity index (χ0) is 21.5. The summed E-state index contributed by atoms with van der Waals surface area (Å²) in [6.45, 7) is 4.10. The molecule has 0 bridgehead atoms. The lowest BCUT2D eigenvalue weighted by atomic mass is 10.0. The third-order valence-corrected chi connectivity index (χ3v) is 7.62. The zero-order valence-electron chi connectivity index (χ0n) is 18.2. The molecule has 168 valence electrons. The molecule has 2 aliphatic carbocycles. The van der Waals surface area contributed by atoms with E-state index in [0.29, 0.717) is 25.1 Å². The Hall–Kier alpha value is -1.79. The van der Waals surface area contributed by atoms with Crippen LogP contribution in [-0.2, 0) is 9.53 Å². The minimum Gasteiger partial charge on any atom is -0.368 e. The molecule has 1 aromatic carbocycles. The number of amides is 3. The van der Waals surface area contributed by atoms with Crippen LogP contribution < -0.4 is 5.32 Å². The van der Waals surface area contributed by atoms with E-state index in [4.69, 9.17) is 16.3 Å². The standard InChI is InChI=1S/C24H32ClN3O3/c1-15-12-16(6-9-20(15)25)19-13-21(19)26-24(30)28(17-7-8-17)18-4-2-10-27(14-18)23(29)22-5-3-11-31-22/h6,9,12,17-19,21-22H,2-5,7-8,10-11,13-14H2,1H3,(H,26,30)/t18-,19?,21?,22+/m1/s1. The number of rotatable bonds is 5. The van der Waals surface area contributed by atoms with Crippen molar-refractivity contribution in [1.29, 1.82) is 0 Å². The number of benzene rings is 1. The Balaban J connectivity index is 1.21. The number of likely N-dealkylation sites (tertiary alicyclic amines) is 1. The van der Waals surface area contributed by atoms with E-state index in [0.717, 1.165) is 62.1 Å². The minimum absolute atomic E-state index is 0.0390. The number of carbonyl (C=O) groups excluding carboxylic acids is 2. The van der Waals surface area contributed by atoms with Gasteiger partial charge in [-0.1, -0.05) is 23.7 Å². The van der Waals surface area contributed by atoms with Gasteiger partial charge in [-0.15, -0.1) is 0 Å². The first-order chi connectivity index (χ1) is 15.0. The summed E-state index contributed by atoms with van der Waals surface area (Å²) in [6.07, 6.45) is 6.50. The Morgan fingerprint density at radius 1 is 1.16 bits per heavy atom. The molecule has 1 N–H and O–H groups in total. The van der Waals surface area contributed by atoms with Crippen LogP contribution in [0.2, 0.25) is 5.02 Å². The van der Waals surface area contributed by atoms with Crippen LogP contribution in [0.15, 0.2) is 18.2 Å². The number of hydrogen-bond donors (Lipinski definition) is 1. The monoisotopic (exact) mass is 445 g/mol. The average Bonchev–Trinajstić information content (AvgIpc) is 3.68. The van der Waals surface area contributed by atoms with Crippen molar-refractivity contribution in [3.05, 3.63) is 34.3 Å². The van der Waals surface area contributed by atoms with Crippen molar-refractivity contribution in [2.24, 2.45) is 0 Å². The summed E-state index contributed by atoms with van der Waals surface area (Å²) in [6, 6.07) is 6.79. The molecular weight excluding hydrogens is 414 g/mol. The number of urea groups is 1. The lowest BCUT2D eigenvalue weighted by Crippen LogP contribution is -2.56. The van der Waals surface area contributed by atoms with Gasteiger partial charge in [0.05, 0.1) is 6.04 Å². The van der Waals surface area contributed by atoms with Gasteiger partial charge in [-0.25, -0.2) is 4.79 Å². The Kier molecular flexibility index (Phi) is 5.86. The molecular formula is C24H32ClN3O3. The highest BCUT2D eigenvalue weighted by molar-refractivity contribution is 6.31. The maximum Gasteiger partial charge on any atom is 0.318 e. The first kappa shape index (κ1) is 21.1. The lowest BCUT2D eigenvalue weighted by molar-refractivity contribution is -0.142. The highest BCUT2D eigenvalue weighted by Gasteiger charge is 2.45. The van der Waals surface area contributed by atoms with Gasteiger partial charge in [0.2, 0.25) is 0 Å². The SMILES string of the molecule is Cc1cc(C2CC2NC(=O)N(C2CC2)[C@@H]2CCCN(C(=O)[C@@H]3CCCO3)C2)ccc1Cl. The number of hydrogen-bond acceptors (Lipinski definition) is 3. The van der Waals surface area contributed by atoms with Gasteiger partial charge < -0.3 is 19.9 Å². The summed E-state index contributed by atoms with van der Waals surface area (Å²) in [7, 11) is 0. The second kappa shape index (κ2) is 8.62. The second-order valence-corrected chi connectivity index (χ2v) is 10.0. The molecule has 2 aliphatic heterocycles. The molecule has 2 unspecified atom stereocenters. The predicted octanol–water partition coefficient (Wildman–Crippen LogP) is 3.85. The average molecular weight is 446 g/mol. The first-order valence-corrected chi connectivity index (χ1v) is 12.1. The summed E-state index contributed by atoms with van der Waals surface area (Å²) in [5.41, 5.74) is 2.32. The Morgan fingerprint density at radius 2 is 2.00 bits per heavy atom. The van der Waals surface area contributed by atoms with Crippen LogP contribution >= 0.6 is 11.6 Å². The van der Waals surface area contributed by atoms with Crippen LogP contribution in [0.3, 0.4) is 0 Å². The van der Waals surface area contributed by atoms with Crippen LogP contribution in [0.25, 0.3) is 0 Å². The molecule has 4 aliphatic rings. The van der Waals surface area contributed by atoms with Gasteiger partial charge in [0.15, 0.2) is 0 Å². The predicted molar refractivity (Wildman–Crippen MR) is 119 cm³/mol. The van der Waals surface area contributed by atoms with E-state index in [2.05, 4.69) is 22.3 Å². The normalized spacial score (nSPS) is 30.2. The van der Waals surface area contributed by atoms with Crippen molar-refractivity contribution in [1.82, 2.24) is 15.1 Å². The molecule has 0 radical (unpaired) electrons. The highest BCUT2D eigenvalue weighted by atomic mass is 35.5. The quantitative estimate of drug-likeness (QED) is 0.748. The van der Waals surface area contributed by atoms with Crippen molar-refractivity contribution in [2.75, 3.05) is 19.7 Å². The molecule has 2 heterocycles. The fraction of sp³-hybridized carbons (Fsp3) is 0.667. The summed E-state index contributed by atoms with van der Waals surface area (Å²) in [4.78, 5) is 30.1. The molecule has 3 amide bonds. The van der Waals surface area contributed by atoms with Gasteiger partial charge in [-0.2, -0.15) is 0 Å². The van der Waals surface area contributed by atoms with Gasteiger partial charge in [0, 0.05) is 42.7 Å². The fourth-order valence-corrected chi connectivity index (χ4v) is 5.31. The van der Waals surface area contributed by atoms with Crippen molar-refractivity contribution in [2.45, 2.75) is 82.0 Å². The summed E-state index contributed by atoms with van der Waals surface area (Å²) < 4.78 is 5.61. The van der Waals surface area contributed by atoms with E-state index in [1.807, 2.05) is 17.9 Å². The minimum atomic E-state index is -0.281. The van der Waals surface area contributed by atoms with Gasteiger partial charge in [-0.3, -0.25) is 4.79 Å². The number of halogens is 1. The number of piperidine rings is 1. The van der Waals surface area contributed by atoms with Gasteiger partial charge in [-0.05, 0) is 69.1 Å². The van der Waals surface area contributed by atoms with E-state index >= 15 is 0 Å². The number of nitrogens with zero attached hydrogens (tertiary/aromatic N) is 2. The van der Waals surface area contributed by atoms with E-state index in [1.54, 1.807) is 0 Å². The maximum absolute atomic E-state index is 13.3. The Labute approximate surface area is 189 Å². The molecule has 0 aromatic heterocycles. The first-order valence-electron chi connectivity index (χ1n) is 11.8. The van der Waals surface area contributed by atoms with E-state index < -0.39 is 0 Å². The number of carbonyl (C=O) groups is 2. The Morgan fingerprint density at radius 3 is 2.71 bits per heavy atom. The zero-order valence-corrected chi connectivity index (χ0v) is 18.9. The molecule has 5 rings (SSSR count). The smallest absolute Gasteiger partial charge is 0.318 e. The largest absolute Gasteiger partial charge is 0.368 e. The Bertz CT molecular complexity index is 852. The van der Waals surface area contributed by atoms with Crippen molar-refractivity contribution in [3.8, 4) is 0 Å². The molecule has 4 atom stereocenters. The summed E-state index contributed by atoms with van der Waals surface area (Å²) in [5.74, 6) is 0.476. The third-order valence-electron chi connectivity index (χ3n) is 7.19. The molecule has 2 saturated heterocycles. The number of ether oxygens (including phenoxy) is 1. The van der Waals surface area contributed by atoms with Gasteiger partial charge in [0.25, 0.3) is 5.91 Å². The van der Waals surface area contributed by atoms with Crippen LogP contribution in [0.1, 0.15) is 62.0 Å². The van der Waals surface area contributed by atoms with E-state index in [9.17, 15) is 9.59 Å². The van der Waals surface area contributed by atoms with E-state index in [1.165, 1.54) is 5.56 Å². The van der Waals surface area contributed by atoms with Gasteiger partial charge >= 0.3 is 6.03 Å². The molecule has 2 saturated carbocycles. The molecule has 0 spiro atoms. The number of aryl methyl sites for hydroxylation is 1. The number of nitrogens with one attached hydrogen (secondary N) is 1.